The molecule has 176 valence electrons. The number of hydrogen-bond donors (Lipinski definition) is 0. The van der Waals surface area contributed by atoms with Crippen LogP contribution in [0, 0.1) is 6.92 Å². The van der Waals surface area contributed by atoms with Crippen molar-refractivity contribution in [1.29, 1.82) is 0 Å². The van der Waals surface area contributed by atoms with Gasteiger partial charge in [-0.3, -0.25) is 9.69 Å². The maximum absolute atomic E-state index is 13.2. The van der Waals surface area contributed by atoms with Crippen molar-refractivity contribution in [2.75, 3.05) is 24.5 Å². The fourth-order valence-electron chi connectivity index (χ4n) is 4.41. The molecule has 0 saturated carbocycles. The topological polar surface area (TPSA) is 115 Å². The average Bonchev–Trinajstić information content (AvgIpc) is 3.44. The van der Waals surface area contributed by atoms with E-state index in [1.54, 1.807) is 6.92 Å². The maximum Gasteiger partial charge on any atom is 0.363 e. The van der Waals surface area contributed by atoms with Crippen molar-refractivity contribution in [3.8, 4) is 0 Å². The zero-order chi connectivity index (χ0) is 23.4. The molecule has 2 aromatic heterocycles. The Morgan fingerprint density at radius 3 is 2.33 bits per heavy atom. The normalized spacial score (nSPS) is 16.1. The quantitative estimate of drug-likeness (QED) is 0.504. The number of rotatable bonds is 8. The van der Waals surface area contributed by atoms with E-state index < -0.39 is 5.54 Å². The zero-order valence-corrected chi connectivity index (χ0v) is 19.3. The van der Waals surface area contributed by atoms with Crippen LogP contribution in [-0.2, 0) is 23.4 Å². The number of nitrogens with zero attached hydrogens (tertiary/aromatic N) is 8. The van der Waals surface area contributed by atoms with E-state index in [0.717, 1.165) is 5.69 Å². The molecule has 11 heteroatoms. The fourth-order valence-corrected chi connectivity index (χ4v) is 4.41. The Kier molecular flexibility index (Phi) is 6.68. The second-order valence-corrected chi connectivity index (χ2v) is 8.22. The Balaban J connectivity index is 1.58. The Hall–Kier alpha value is -3.34. The summed E-state index contributed by atoms with van der Waals surface area (Å²) in [5.74, 6) is 0.947. The van der Waals surface area contributed by atoms with Gasteiger partial charge in [-0.1, -0.05) is 25.1 Å². The summed E-state index contributed by atoms with van der Waals surface area (Å²) in [6, 6.07) is 9.66. The number of carbonyl (C=O) groups excluding carboxylic acids is 1. The highest BCUT2D eigenvalue weighted by molar-refractivity contribution is 5.94. The van der Waals surface area contributed by atoms with Gasteiger partial charge in [-0.05, 0) is 42.3 Å². The van der Waals surface area contributed by atoms with Crippen molar-refractivity contribution >= 4 is 11.6 Å². The third kappa shape index (κ3) is 4.45. The minimum absolute atomic E-state index is 0.00763. The highest BCUT2D eigenvalue weighted by atomic mass is 16.4. The van der Waals surface area contributed by atoms with E-state index in [4.69, 9.17) is 4.42 Å². The maximum atomic E-state index is 13.2. The Morgan fingerprint density at radius 2 is 1.76 bits per heavy atom. The second-order valence-electron chi connectivity index (χ2n) is 8.22. The summed E-state index contributed by atoms with van der Waals surface area (Å²) >= 11 is 0. The number of amides is 1. The highest BCUT2D eigenvalue weighted by Crippen LogP contribution is 2.41. The predicted octanol–water partition coefficient (Wildman–Crippen LogP) is 1.59. The minimum Gasteiger partial charge on any atom is -0.423 e. The molecule has 1 amide bonds. The molecule has 0 aliphatic carbocycles. The number of tetrazole rings is 1. The molecule has 1 aromatic carbocycles. The van der Waals surface area contributed by atoms with Crippen LogP contribution in [0.25, 0.3) is 0 Å². The first-order valence-electron chi connectivity index (χ1n) is 11.4. The van der Waals surface area contributed by atoms with Crippen LogP contribution in [0.5, 0.6) is 0 Å². The molecule has 1 aliphatic rings. The summed E-state index contributed by atoms with van der Waals surface area (Å²) < 4.78 is 8.65. The van der Waals surface area contributed by atoms with Gasteiger partial charge in [-0.25, -0.2) is 4.79 Å². The molecule has 0 spiro atoms. The molecule has 11 nitrogen and oxygen atoms in total. The Morgan fingerprint density at radius 1 is 1.06 bits per heavy atom. The smallest absolute Gasteiger partial charge is 0.363 e. The van der Waals surface area contributed by atoms with E-state index in [1.807, 2.05) is 49.1 Å². The van der Waals surface area contributed by atoms with Gasteiger partial charge in [0, 0.05) is 45.2 Å². The lowest BCUT2D eigenvalue weighted by Crippen LogP contribution is -2.56. The molecule has 0 unspecified atom stereocenters. The molecule has 33 heavy (non-hydrogen) atoms. The van der Waals surface area contributed by atoms with E-state index in [-0.39, 0.29) is 11.6 Å². The van der Waals surface area contributed by atoms with Crippen LogP contribution in [-0.4, -0.2) is 60.4 Å². The van der Waals surface area contributed by atoms with Crippen molar-refractivity contribution in [3.05, 3.63) is 52.6 Å². The molecule has 1 saturated heterocycles. The number of benzene rings is 1. The van der Waals surface area contributed by atoms with Crippen LogP contribution in [0.4, 0.5) is 5.69 Å². The molecular formula is C22H30N8O3. The van der Waals surface area contributed by atoms with Crippen molar-refractivity contribution in [1.82, 2.24) is 34.9 Å². The van der Waals surface area contributed by atoms with Gasteiger partial charge < -0.3 is 9.32 Å². The summed E-state index contributed by atoms with van der Waals surface area (Å²) in [5, 5.41) is 16.2. The van der Waals surface area contributed by atoms with Crippen molar-refractivity contribution in [2.45, 2.75) is 58.7 Å². The standard InChI is InChI=1S/C22H30N8O3/c1-4-19(31)30(18-9-7-6-8-10-18)22(20-24-23-17(3)33-20)11-13-27(14-12-22)15-16-29-21(32)28(5-2)25-26-29/h6-10H,4-5,11-16H2,1-3H3. The van der Waals surface area contributed by atoms with Crippen LogP contribution in [0.2, 0.25) is 0 Å². The van der Waals surface area contributed by atoms with E-state index in [0.29, 0.717) is 63.8 Å². The average molecular weight is 455 g/mol. The number of hydrogen-bond acceptors (Lipinski definition) is 8. The lowest BCUT2D eigenvalue weighted by molar-refractivity contribution is -0.120. The summed E-state index contributed by atoms with van der Waals surface area (Å²) in [4.78, 5) is 29.6. The van der Waals surface area contributed by atoms with E-state index in [9.17, 15) is 9.59 Å². The van der Waals surface area contributed by atoms with E-state index in [2.05, 4.69) is 25.5 Å². The monoisotopic (exact) mass is 454 g/mol. The summed E-state index contributed by atoms with van der Waals surface area (Å²) in [7, 11) is 0. The van der Waals surface area contributed by atoms with Crippen molar-refractivity contribution in [2.24, 2.45) is 0 Å². The van der Waals surface area contributed by atoms with Crippen LogP contribution in [0.1, 0.15) is 44.9 Å². The summed E-state index contributed by atoms with van der Waals surface area (Å²) in [5.41, 5.74) is -0.112. The number of piperidine rings is 1. The molecule has 0 radical (unpaired) electrons. The third-order valence-corrected chi connectivity index (χ3v) is 6.23. The number of carbonyl (C=O) groups is 1. The van der Waals surface area contributed by atoms with Gasteiger partial charge in [0.15, 0.2) is 0 Å². The van der Waals surface area contributed by atoms with E-state index in [1.165, 1.54) is 9.36 Å². The number of aromatic nitrogens is 6. The molecular weight excluding hydrogens is 424 g/mol. The largest absolute Gasteiger partial charge is 0.423 e. The van der Waals surface area contributed by atoms with Gasteiger partial charge in [0.1, 0.15) is 5.54 Å². The van der Waals surface area contributed by atoms with Gasteiger partial charge in [0.25, 0.3) is 0 Å². The van der Waals surface area contributed by atoms with Crippen molar-refractivity contribution in [3.63, 3.8) is 0 Å². The van der Waals surface area contributed by atoms with Crippen LogP contribution in [0.15, 0.2) is 39.5 Å². The summed E-state index contributed by atoms with van der Waals surface area (Å²) in [6.45, 7) is 8.51. The minimum atomic E-state index is -0.728. The molecule has 0 N–H and O–H groups in total. The number of likely N-dealkylation sites (tertiary alicyclic amines) is 1. The lowest BCUT2D eigenvalue weighted by Gasteiger charge is -2.46. The molecule has 1 aliphatic heterocycles. The van der Waals surface area contributed by atoms with Crippen molar-refractivity contribution < 1.29 is 9.21 Å². The highest BCUT2D eigenvalue weighted by Gasteiger charge is 2.48. The van der Waals surface area contributed by atoms with Gasteiger partial charge >= 0.3 is 5.69 Å². The SMILES string of the molecule is CCC(=O)N(c1ccccc1)C1(c2nnc(C)o2)CCN(CCn2nnn(CC)c2=O)CC1. The van der Waals surface area contributed by atoms with Crippen LogP contribution >= 0.6 is 0 Å². The number of aryl methyl sites for hydroxylation is 2. The Bertz CT molecular complexity index is 1130. The van der Waals surface area contributed by atoms with Gasteiger partial charge in [0.05, 0.1) is 6.54 Å². The first-order chi connectivity index (χ1) is 16.0. The number of para-hydroxylation sites is 1. The lowest BCUT2D eigenvalue weighted by atomic mass is 9.84. The number of anilines is 1. The summed E-state index contributed by atoms with van der Waals surface area (Å²) in [6.07, 6.45) is 1.63. The first kappa shape index (κ1) is 22.8. The molecule has 3 heterocycles. The first-order valence-corrected chi connectivity index (χ1v) is 11.4. The predicted molar refractivity (Wildman–Crippen MR) is 121 cm³/mol. The van der Waals surface area contributed by atoms with Gasteiger partial charge in [0.2, 0.25) is 17.7 Å². The van der Waals surface area contributed by atoms with Gasteiger partial charge in [-0.2, -0.15) is 9.36 Å². The third-order valence-electron chi connectivity index (χ3n) is 6.23. The Labute approximate surface area is 192 Å². The molecule has 3 aromatic rings. The molecule has 0 bridgehead atoms. The molecule has 0 atom stereocenters. The van der Waals surface area contributed by atoms with Crippen LogP contribution < -0.4 is 10.6 Å². The molecule has 1 fully saturated rings. The van der Waals surface area contributed by atoms with Gasteiger partial charge in [-0.15, -0.1) is 10.2 Å². The van der Waals surface area contributed by atoms with Crippen LogP contribution in [0.3, 0.4) is 0 Å². The van der Waals surface area contributed by atoms with E-state index >= 15 is 0 Å². The second kappa shape index (κ2) is 9.65. The zero-order valence-electron chi connectivity index (χ0n) is 19.3. The fraction of sp³-hybridized carbons (Fsp3) is 0.545. The molecule has 4 rings (SSSR count).